The summed E-state index contributed by atoms with van der Waals surface area (Å²) in [7, 11) is 2.21. The van der Waals surface area contributed by atoms with Gasteiger partial charge < -0.3 is 4.90 Å². The quantitative estimate of drug-likeness (QED) is 0.629. The summed E-state index contributed by atoms with van der Waals surface area (Å²) in [4.78, 5) is 2.45. The van der Waals surface area contributed by atoms with Crippen LogP contribution in [-0.4, -0.2) is 41.9 Å². The van der Waals surface area contributed by atoms with Gasteiger partial charge in [-0.1, -0.05) is 0 Å². The third kappa shape index (κ3) is 3.22. The molecule has 0 N–H and O–H groups in total. The van der Waals surface area contributed by atoms with Crippen LogP contribution in [0.25, 0.3) is 0 Å². The molecule has 1 aliphatic rings. The molecular weight excluding hydrogens is 178 g/mol. The summed E-state index contributed by atoms with van der Waals surface area (Å²) in [6.07, 6.45) is 2.49. The highest BCUT2D eigenvalue weighted by molar-refractivity contribution is 7.99. The van der Waals surface area contributed by atoms with Gasteiger partial charge in [0.15, 0.2) is 0 Å². The van der Waals surface area contributed by atoms with Crippen LogP contribution in [0.2, 0.25) is 0 Å². The number of halogens is 1. The first-order valence-corrected chi connectivity index (χ1v) is 5.87. The molecule has 1 rings (SSSR count). The smallest absolute Gasteiger partial charge is 0.0235 e. The number of thioether (sulfide) groups is 1. The fraction of sp³-hybridized carbons (Fsp3) is 1.00. The maximum atomic E-state index is 5.62. The summed E-state index contributed by atoms with van der Waals surface area (Å²) in [5, 5.41) is 0. The molecule has 0 bridgehead atoms. The zero-order valence-corrected chi connectivity index (χ0v) is 8.63. The van der Waals surface area contributed by atoms with Crippen molar-refractivity contribution in [2.75, 3.05) is 31.0 Å². The fourth-order valence-corrected chi connectivity index (χ4v) is 2.78. The Labute approximate surface area is 78.5 Å². The van der Waals surface area contributed by atoms with Crippen LogP contribution in [0.5, 0.6) is 0 Å². The van der Waals surface area contributed by atoms with Gasteiger partial charge in [0.05, 0.1) is 0 Å². The zero-order valence-electron chi connectivity index (χ0n) is 7.05. The lowest BCUT2D eigenvalue weighted by Gasteiger charge is -2.22. The summed E-state index contributed by atoms with van der Waals surface area (Å²) >= 11 is 7.69. The maximum absolute atomic E-state index is 5.62. The molecule has 11 heavy (non-hydrogen) atoms. The molecule has 1 fully saturated rings. The topological polar surface area (TPSA) is 3.24 Å². The molecule has 0 saturated carbocycles. The van der Waals surface area contributed by atoms with Crippen LogP contribution in [-0.2, 0) is 0 Å². The average molecular weight is 194 g/mol. The number of rotatable bonds is 4. The van der Waals surface area contributed by atoms with Crippen LogP contribution in [0.15, 0.2) is 0 Å². The van der Waals surface area contributed by atoms with Crippen LogP contribution in [0.3, 0.4) is 0 Å². The number of hydrogen-bond acceptors (Lipinski definition) is 2. The standard InChI is InChI=1S/C8H16ClNS/c1-10(5-2-4-9)8-3-6-11-7-8/h8H,2-7H2,1H3. The molecule has 1 saturated heterocycles. The largest absolute Gasteiger partial charge is 0.303 e. The van der Waals surface area contributed by atoms with Gasteiger partial charge in [0, 0.05) is 17.7 Å². The molecule has 0 aromatic rings. The maximum Gasteiger partial charge on any atom is 0.0235 e. The highest BCUT2D eigenvalue weighted by Gasteiger charge is 2.18. The third-order valence-electron chi connectivity index (χ3n) is 2.17. The third-order valence-corrected chi connectivity index (χ3v) is 3.59. The normalized spacial score (nSPS) is 24.8. The Hall–Kier alpha value is 0.600. The van der Waals surface area contributed by atoms with Crippen molar-refractivity contribution in [1.82, 2.24) is 4.90 Å². The van der Waals surface area contributed by atoms with Crippen molar-refractivity contribution in [3.8, 4) is 0 Å². The summed E-state index contributed by atoms with van der Waals surface area (Å²) in [5.41, 5.74) is 0. The van der Waals surface area contributed by atoms with E-state index in [0.717, 1.165) is 24.9 Å². The van der Waals surface area contributed by atoms with Gasteiger partial charge in [-0.2, -0.15) is 11.8 Å². The van der Waals surface area contributed by atoms with E-state index >= 15 is 0 Å². The molecule has 1 unspecified atom stereocenters. The lowest BCUT2D eigenvalue weighted by molar-refractivity contribution is 0.264. The Morgan fingerprint density at radius 3 is 3.00 bits per heavy atom. The lowest BCUT2D eigenvalue weighted by Crippen LogP contribution is -2.32. The van der Waals surface area contributed by atoms with E-state index in [1.807, 2.05) is 0 Å². The second-order valence-corrected chi connectivity index (χ2v) is 4.57. The van der Waals surface area contributed by atoms with Gasteiger partial charge >= 0.3 is 0 Å². The van der Waals surface area contributed by atoms with Crippen LogP contribution in [0.1, 0.15) is 12.8 Å². The van der Waals surface area contributed by atoms with Gasteiger partial charge in [0.25, 0.3) is 0 Å². The second-order valence-electron chi connectivity index (χ2n) is 3.04. The molecule has 66 valence electrons. The lowest BCUT2D eigenvalue weighted by atomic mass is 10.2. The fourth-order valence-electron chi connectivity index (χ4n) is 1.36. The van der Waals surface area contributed by atoms with Gasteiger partial charge in [0.1, 0.15) is 0 Å². The van der Waals surface area contributed by atoms with E-state index in [1.54, 1.807) is 0 Å². The first-order chi connectivity index (χ1) is 5.34. The van der Waals surface area contributed by atoms with Crippen molar-refractivity contribution < 1.29 is 0 Å². The van der Waals surface area contributed by atoms with Gasteiger partial charge in [-0.15, -0.1) is 11.6 Å². The van der Waals surface area contributed by atoms with Gasteiger partial charge in [-0.05, 0) is 32.2 Å². The van der Waals surface area contributed by atoms with Crippen molar-refractivity contribution in [2.24, 2.45) is 0 Å². The van der Waals surface area contributed by atoms with Gasteiger partial charge in [0.2, 0.25) is 0 Å². The molecule has 1 heterocycles. The van der Waals surface area contributed by atoms with E-state index < -0.39 is 0 Å². The molecule has 3 heteroatoms. The van der Waals surface area contributed by atoms with Crippen molar-refractivity contribution in [3.05, 3.63) is 0 Å². The Morgan fingerprint density at radius 1 is 1.64 bits per heavy atom. The number of hydrogen-bond donors (Lipinski definition) is 0. The van der Waals surface area contributed by atoms with Gasteiger partial charge in [-0.25, -0.2) is 0 Å². The van der Waals surface area contributed by atoms with Crippen molar-refractivity contribution in [3.63, 3.8) is 0 Å². The first kappa shape index (κ1) is 9.69. The van der Waals surface area contributed by atoms with Crippen molar-refractivity contribution in [1.29, 1.82) is 0 Å². The minimum Gasteiger partial charge on any atom is -0.303 e. The zero-order chi connectivity index (χ0) is 8.10. The van der Waals surface area contributed by atoms with E-state index in [4.69, 9.17) is 11.6 Å². The molecular formula is C8H16ClNS. The minimum absolute atomic E-state index is 0.796. The van der Waals surface area contributed by atoms with Crippen LogP contribution >= 0.6 is 23.4 Å². The number of nitrogens with zero attached hydrogens (tertiary/aromatic N) is 1. The summed E-state index contributed by atoms with van der Waals surface area (Å²) in [5.74, 6) is 3.46. The molecule has 0 radical (unpaired) electrons. The second kappa shape index (κ2) is 5.28. The molecule has 0 amide bonds. The highest BCUT2D eigenvalue weighted by atomic mass is 35.5. The summed E-state index contributed by atoms with van der Waals surface area (Å²) in [6.45, 7) is 1.16. The minimum atomic E-state index is 0.796. The Morgan fingerprint density at radius 2 is 2.45 bits per heavy atom. The predicted molar refractivity (Wildman–Crippen MR) is 53.7 cm³/mol. The van der Waals surface area contributed by atoms with Crippen LogP contribution < -0.4 is 0 Å². The Balaban J connectivity index is 2.12. The SMILES string of the molecule is CN(CCCCl)C1CCSC1. The summed E-state index contributed by atoms with van der Waals surface area (Å²) in [6, 6.07) is 0.822. The van der Waals surface area contributed by atoms with Crippen LogP contribution in [0, 0.1) is 0 Å². The van der Waals surface area contributed by atoms with E-state index in [1.165, 1.54) is 17.9 Å². The molecule has 1 atom stereocenters. The van der Waals surface area contributed by atoms with E-state index in [0.29, 0.717) is 0 Å². The molecule has 1 nitrogen and oxygen atoms in total. The van der Waals surface area contributed by atoms with Crippen molar-refractivity contribution >= 4 is 23.4 Å². The van der Waals surface area contributed by atoms with Gasteiger partial charge in [-0.3, -0.25) is 0 Å². The van der Waals surface area contributed by atoms with E-state index in [-0.39, 0.29) is 0 Å². The molecule has 1 aliphatic heterocycles. The molecule has 0 spiro atoms. The summed E-state index contributed by atoms with van der Waals surface area (Å²) < 4.78 is 0. The van der Waals surface area contributed by atoms with Crippen LogP contribution in [0.4, 0.5) is 0 Å². The highest BCUT2D eigenvalue weighted by Crippen LogP contribution is 2.21. The first-order valence-electron chi connectivity index (χ1n) is 4.18. The monoisotopic (exact) mass is 193 g/mol. The Kier molecular flexibility index (Phi) is 4.65. The number of alkyl halides is 1. The Bertz CT molecular complexity index is 104. The van der Waals surface area contributed by atoms with E-state index in [2.05, 4.69) is 23.7 Å². The molecule has 0 aliphatic carbocycles. The average Bonchev–Trinajstić information content (AvgIpc) is 2.52. The molecule has 0 aromatic carbocycles. The van der Waals surface area contributed by atoms with E-state index in [9.17, 15) is 0 Å². The predicted octanol–water partition coefficient (Wildman–Crippen LogP) is 2.05. The van der Waals surface area contributed by atoms with Crippen molar-refractivity contribution in [2.45, 2.75) is 18.9 Å². The molecule has 0 aromatic heterocycles.